The van der Waals surface area contributed by atoms with Gasteiger partial charge < -0.3 is 23.7 Å². The van der Waals surface area contributed by atoms with Crippen LogP contribution in [0.5, 0.6) is 0 Å². The van der Waals surface area contributed by atoms with Crippen LogP contribution >= 0.6 is 0 Å². The average Bonchev–Trinajstić information content (AvgIpc) is 2.42. The zero-order valence-electron chi connectivity index (χ0n) is 11.3. The minimum Gasteiger partial charge on any atom is -0.458 e. The molecule has 0 aromatic heterocycles. The Morgan fingerprint density at radius 3 is 1.95 bits per heavy atom. The Balaban J connectivity index is 3.06. The molecule has 0 spiro atoms. The van der Waals surface area contributed by atoms with Crippen LogP contribution in [0.1, 0.15) is 6.42 Å². The van der Waals surface area contributed by atoms with E-state index in [1.165, 1.54) is 0 Å². The Morgan fingerprint density at radius 2 is 1.42 bits per heavy atom. The van der Waals surface area contributed by atoms with Crippen molar-refractivity contribution in [1.29, 1.82) is 0 Å². The molecular formula is C12H22O7. The molecule has 0 aliphatic heterocycles. The molecule has 0 N–H and O–H groups in total. The number of esters is 1. The van der Waals surface area contributed by atoms with Gasteiger partial charge in [-0.3, -0.25) is 9.59 Å². The smallest absolute Gasteiger partial charge is 0.308 e. The van der Waals surface area contributed by atoms with Crippen LogP contribution in [0.2, 0.25) is 0 Å². The molecule has 19 heavy (non-hydrogen) atoms. The molecule has 7 nitrogen and oxygen atoms in total. The highest BCUT2D eigenvalue weighted by Crippen LogP contribution is 1.88. The lowest BCUT2D eigenvalue weighted by molar-refractivity contribution is -0.146. The molecule has 0 atom stereocenters. The molecule has 112 valence electrons. The molecule has 0 rings (SSSR count). The highest BCUT2D eigenvalue weighted by molar-refractivity contribution is 5.71. The topological polar surface area (TPSA) is 80.3 Å². The van der Waals surface area contributed by atoms with Gasteiger partial charge in [0.25, 0.3) is 0 Å². The third-order valence-corrected chi connectivity index (χ3v) is 1.94. The number of rotatable bonds is 14. The van der Waals surface area contributed by atoms with Gasteiger partial charge in [-0.25, -0.2) is 0 Å². The summed E-state index contributed by atoms with van der Waals surface area (Å²) in [5.74, 6) is -0.445. The highest BCUT2D eigenvalue weighted by Gasteiger charge is 2.01. The third-order valence-electron chi connectivity index (χ3n) is 1.94. The molecule has 0 saturated heterocycles. The second kappa shape index (κ2) is 15.0. The molecule has 7 heteroatoms. The number of hydrogen-bond donors (Lipinski definition) is 0. The first-order valence-electron chi connectivity index (χ1n) is 6.12. The van der Waals surface area contributed by atoms with E-state index in [4.69, 9.17) is 18.9 Å². The number of carbonyl (C=O) groups excluding carboxylic acids is 2. The number of hydrogen-bond acceptors (Lipinski definition) is 7. The highest BCUT2D eigenvalue weighted by atomic mass is 16.6. The van der Waals surface area contributed by atoms with Crippen LogP contribution in [0.3, 0.4) is 0 Å². The lowest BCUT2D eigenvalue weighted by Gasteiger charge is -2.06. The van der Waals surface area contributed by atoms with Crippen molar-refractivity contribution in [3.63, 3.8) is 0 Å². The minimum absolute atomic E-state index is 0.133. The van der Waals surface area contributed by atoms with E-state index in [1.54, 1.807) is 7.11 Å². The van der Waals surface area contributed by atoms with Gasteiger partial charge in [0, 0.05) is 7.11 Å². The lowest BCUT2D eigenvalue weighted by Crippen LogP contribution is -2.13. The van der Waals surface area contributed by atoms with E-state index in [9.17, 15) is 9.59 Å². The number of aldehydes is 1. The van der Waals surface area contributed by atoms with Gasteiger partial charge >= 0.3 is 5.97 Å². The lowest BCUT2D eigenvalue weighted by atomic mass is 10.5. The van der Waals surface area contributed by atoms with Crippen LogP contribution in [0.25, 0.3) is 0 Å². The Labute approximate surface area is 113 Å². The normalized spacial score (nSPS) is 10.4. The summed E-state index contributed by atoms with van der Waals surface area (Å²) in [6.45, 7) is 3.03. The quantitative estimate of drug-likeness (QED) is 0.247. The second-order valence-electron chi connectivity index (χ2n) is 3.43. The maximum absolute atomic E-state index is 10.9. The van der Waals surface area contributed by atoms with Gasteiger partial charge in [0.1, 0.15) is 6.61 Å². The monoisotopic (exact) mass is 278 g/mol. The van der Waals surface area contributed by atoms with Gasteiger partial charge in [0.05, 0.1) is 52.7 Å². The van der Waals surface area contributed by atoms with Crippen molar-refractivity contribution in [2.24, 2.45) is 0 Å². The van der Waals surface area contributed by atoms with Crippen LogP contribution in [0.15, 0.2) is 0 Å². The Bertz CT molecular complexity index is 220. The minimum atomic E-state index is -0.445. The summed E-state index contributed by atoms with van der Waals surface area (Å²) in [6, 6.07) is 0. The van der Waals surface area contributed by atoms with Gasteiger partial charge in [-0.05, 0) is 0 Å². The maximum atomic E-state index is 10.9. The Hall–Kier alpha value is -1.02. The summed E-state index contributed by atoms with van der Waals surface area (Å²) < 4.78 is 24.9. The van der Waals surface area contributed by atoms with E-state index in [0.717, 1.165) is 0 Å². The third kappa shape index (κ3) is 14.9. The summed E-state index contributed by atoms with van der Waals surface area (Å²) in [5, 5.41) is 0. The maximum Gasteiger partial charge on any atom is 0.308 e. The fourth-order valence-electron chi connectivity index (χ4n) is 1.04. The standard InChI is InChI=1S/C12H22O7/c1-15-6-7-17-10-11-18-9-8-16-4-2-12(14)19-5-3-13/h3H,2,4-11H2,1H3. The molecule has 0 fully saturated rings. The first-order chi connectivity index (χ1) is 9.31. The fraction of sp³-hybridized carbons (Fsp3) is 0.833. The first-order valence-corrected chi connectivity index (χ1v) is 6.12. The van der Waals surface area contributed by atoms with E-state index in [2.05, 4.69) is 4.74 Å². The summed E-state index contributed by atoms with van der Waals surface area (Å²) in [4.78, 5) is 20.9. The average molecular weight is 278 g/mol. The summed E-state index contributed by atoms with van der Waals surface area (Å²) in [6.07, 6.45) is 0.662. The van der Waals surface area contributed by atoms with Gasteiger partial charge in [0.15, 0.2) is 6.29 Å². The molecule has 0 aromatic rings. The molecule has 0 unspecified atom stereocenters. The van der Waals surface area contributed by atoms with Crippen LogP contribution in [-0.2, 0) is 33.3 Å². The van der Waals surface area contributed by atoms with E-state index in [1.807, 2.05) is 0 Å². The predicted octanol–water partition coefficient (Wildman–Crippen LogP) is -0.185. The van der Waals surface area contributed by atoms with Gasteiger partial charge in [-0.1, -0.05) is 0 Å². The van der Waals surface area contributed by atoms with Crippen LogP contribution in [0.4, 0.5) is 0 Å². The summed E-state index contributed by atoms with van der Waals surface area (Å²) in [7, 11) is 1.62. The van der Waals surface area contributed by atoms with E-state index < -0.39 is 5.97 Å². The molecule has 0 aliphatic rings. The van der Waals surface area contributed by atoms with Crippen LogP contribution < -0.4 is 0 Å². The van der Waals surface area contributed by atoms with Crippen molar-refractivity contribution in [2.75, 3.05) is 60.0 Å². The molecule has 0 amide bonds. The Kier molecular flexibility index (Phi) is 14.2. The van der Waals surface area contributed by atoms with Crippen molar-refractivity contribution in [2.45, 2.75) is 6.42 Å². The number of carbonyl (C=O) groups is 2. The second-order valence-corrected chi connectivity index (χ2v) is 3.43. The fourth-order valence-corrected chi connectivity index (χ4v) is 1.04. The van der Waals surface area contributed by atoms with Crippen molar-refractivity contribution in [3.05, 3.63) is 0 Å². The molecule has 0 saturated carbocycles. The number of ether oxygens (including phenoxy) is 5. The van der Waals surface area contributed by atoms with E-state index >= 15 is 0 Å². The van der Waals surface area contributed by atoms with Crippen molar-refractivity contribution in [1.82, 2.24) is 0 Å². The summed E-state index contributed by atoms with van der Waals surface area (Å²) in [5.41, 5.74) is 0. The largest absolute Gasteiger partial charge is 0.458 e. The molecule has 0 aliphatic carbocycles. The predicted molar refractivity (Wildman–Crippen MR) is 66.0 cm³/mol. The van der Waals surface area contributed by atoms with Crippen molar-refractivity contribution < 1.29 is 33.3 Å². The first kappa shape index (κ1) is 18.0. The molecule has 0 bridgehead atoms. The van der Waals surface area contributed by atoms with Crippen LogP contribution in [0, 0.1) is 0 Å². The molecule has 0 heterocycles. The number of methoxy groups -OCH3 is 1. The van der Waals surface area contributed by atoms with Crippen molar-refractivity contribution >= 4 is 12.3 Å². The zero-order chi connectivity index (χ0) is 14.2. The van der Waals surface area contributed by atoms with Gasteiger partial charge in [-0.2, -0.15) is 0 Å². The van der Waals surface area contributed by atoms with Crippen LogP contribution in [-0.4, -0.2) is 72.2 Å². The van der Waals surface area contributed by atoms with Crippen molar-refractivity contribution in [3.8, 4) is 0 Å². The molecule has 0 aromatic carbocycles. The SMILES string of the molecule is COCCOCCOCCOCCC(=O)OCC=O. The Morgan fingerprint density at radius 1 is 0.895 bits per heavy atom. The van der Waals surface area contributed by atoms with E-state index in [-0.39, 0.29) is 19.6 Å². The zero-order valence-corrected chi connectivity index (χ0v) is 11.3. The summed E-state index contributed by atoms with van der Waals surface area (Å²) >= 11 is 0. The molecule has 0 radical (unpaired) electrons. The van der Waals surface area contributed by atoms with Gasteiger partial charge in [-0.15, -0.1) is 0 Å². The van der Waals surface area contributed by atoms with E-state index in [0.29, 0.717) is 45.9 Å². The van der Waals surface area contributed by atoms with Gasteiger partial charge in [0.2, 0.25) is 0 Å². The molecular weight excluding hydrogens is 256 g/mol.